The van der Waals surface area contributed by atoms with Gasteiger partial charge in [0.25, 0.3) is 0 Å². The second-order valence-electron chi connectivity index (χ2n) is 3.53. The average molecular weight is 217 g/mol. The van der Waals surface area contributed by atoms with Gasteiger partial charge in [0.15, 0.2) is 0 Å². The first-order valence-corrected chi connectivity index (χ1v) is 5.93. The molecule has 0 aromatic carbocycles. The number of anilines is 1. The lowest BCUT2D eigenvalue weighted by molar-refractivity contribution is 1.07. The van der Waals surface area contributed by atoms with Gasteiger partial charge in [-0.25, -0.2) is 9.97 Å². The molecule has 0 aliphatic heterocycles. The van der Waals surface area contributed by atoms with Crippen LogP contribution < -0.4 is 5.32 Å². The van der Waals surface area contributed by atoms with E-state index in [0.717, 1.165) is 24.6 Å². The monoisotopic (exact) mass is 217 g/mol. The Morgan fingerprint density at radius 3 is 3.33 bits per heavy atom. The molecule has 1 N–H and O–H groups in total. The molecule has 3 rings (SSSR count). The van der Waals surface area contributed by atoms with E-state index in [1.807, 2.05) is 13.1 Å². The van der Waals surface area contributed by atoms with E-state index in [4.69, 9.17) is 0 Å². The van der Waals surface area contributed by atoms with E-state index in [1.165, 1.54) is 16.0 Å². The lowest BCUT2D eigenvalue weighted by Crippen LogP contribution is -2.02. The maximum absolute atomic E-state index is 4.54. The summed E-state index contributed by atoms with van der Waals surface area (Å²) in [6, 6.07) is 2.15. The van der Waals surface area contributed by atoms with Crippen molar-refractivity contribution >= 4 is 17.3 Å². The third kappa shape index (κ3) is 1.33. The van der Waals surface area contributed by atoms with Gasteiger partial charge in [0.05, 0.1) is 5.69 Å². The van der Waals surface area contributed by atoms with E-state index in [0.29, 0.717) is 0 Å². The van der Waals surface area contributed by atoms with Crippen molar-refractivity contribution in [3.8, 4) is 11.3 Å². The fourth-order valence-corrected chi connectivity index (χ4v) is 2.77. The van der Waals surface area contributed by atoms with Crippen molar-refractivity contribution in [2.75, 3.05) is 11.9 Å². The predicted octanol–water partition coefficient (Wildman–Crippen LogP) is 2.54. The molecule has 2 heterocycles. The van der Waals surface area contributed by atoms with Crippen LogP contribution in [0.5, 0.6) is 0 Å². The highest BCUT2D eigenvalue weighted by Gasteiger charge is 2.21. The summed E-state index contributed by atoms with van der Waals surface area (Å²) in [5, 5.41) is 5.27. The quantitative estimate of drug-likeness (QED) is 0.716. The predicted molar refractivity (Wildman–Crippen MR) is 62.3 cm³/mol. The Bertz CT molecular complexity index is 504. The minimum Gasteiger partial charge on any atom is -0.354 e. The fraction of sp³-hybridized carbons (Fsp3) is 0.273. The van der Waals surface area contributed by atoms with Crippen molar-refractivity contribution in [3.63, 3.8) is 0 Å². The highest BCUT2D eigenvalue weighted by atomic mass is 32.1. The molecule has 15 heavy (non-hydrogen) atoms. The van der Waals surface area contributed by atoms with Gasteiger partial charge in [-0.1, -0.05) is 0 Å². The van der Waals surface area contributed by atoms with Gasteiger partial charge in [-0.05, 0) is 18.4 Å². The van der Waals surface area contributed by atoms with Crippen LogP contribution in [0.3, 0.4) is 0 Å². The van der Waals surface area contributed by atoms with Gasteiger partial charge < -0.3 is 5.32 Å². The molecule has 0 unspecified atom stereocenters. The summed E-state index contributed by atoms with van der Waals surface area (Å²) >= 11 is 1.80. The lowest BCUT2D eigenvalue weighted by Gasteiger charge is -2.03. The SMILES string of the molecule is CCNc1ncc2c(n1)-c1ccsc1C2. The molecule has 2 aromatic heterocycles. The molecule has 3 nitrogen and oxygen atoms in total. The third-order valence-corrected chi connectivity index (χ3v) is 3.47. The highest BCUT2D eigenvalue weighted by Crippen LogP contribution is 2.38. The number of hydrogen-bond donors (Lipinski definition) is 1. The molecule has 0 fully saturated rings. The first kappa shape index (κ1) is 8.85. The second kappa shape index (κ2) is 3.31. The first-order chi connectivity index (χ1) is 7.38. The molecular formula is C11H11N3S. The minimum absolute atomic E-state index is 0.732. The van der Waals surface area contributed by atoms with Gasteiger partial charge in [0.2, 0.25) is 5.95 Å². The van der Waals surface area contributed by atoms with Crippen molar-refractivity contribution in [2.45, 2.75) is 13.3 Å². The molecule has 0 radical (unpaired) electrons. The van der Waals surface area contributed by atoms with Crippen molar-refractivity contribution in [1.29, 1.82) is 0 Å². The number of fused-ring (bicyclic) bond motifs is 3. The maximum atomic E-state index is 4.54. The standard InChI is InChI=1S/C11H11N3S/c1-2-12-11-13-6-7-5-9-8(3-4-15-9)10(7)14-11/h3-4,6H,2,5H2,1H3,(H,12,13,14). The van der Waals surface area contributed by atoms with Crippen molar-refractivity contribution in [1.82, 2.24) is 9.97 Å². The van der Waals surface area contributed by atoms with E-state index < -0.39 is 0 Å². The first-order valence-electron chi connectivity index (χ1n) is 5.05. The second-order valence-corrected chi connectivity index (χ2v) is 4.53. The van der Waals surface area contributed by atoms with Crippen LogP contribution in [0.1, 0.15) is 17.4 Å². The molecule has 4 heteroatoms. The van der Waals surface area contributed by atoms with Gasteiger partial charge in [-0.3, -0.25) is 0 Å². The number of hydrogen-bond acceptors (Lipinski definition) is 4. The van der Waals surface area contributed by atoms with Crippen LogP contribution in [0.2, 0.25) is 0 Å². The molecule has 0 spiro atoms. The molecule has 0 bridgehead atoms. The summed E-state index contributed by atoms with van der Waals surface area (Å²) < 4.78 is 0. The van der Waals surface area contributed by atoms with E-state index in [-0.39, 0.29) is 0 Å². The molecule has 0 atom stereocenters. The normalized spacial score (nSPS) is 12.3. The zero-order chi connectivity index (χ0) is 10.3. The molecule has 0 saturated carbocycles. The van der Waals surface area contributed by atoms with Crippen LogP contribution in [-0.4, -0.2) is 16.5 Å². The largest absolute Gasteiger partial charge is 0.354 e. The summed E-state index contributed by atoms with van der Waals surface area (Å²) in [7, 11) is 0. The average Bonchev–Trinajstić information content (AvgIpc) is 2.78. The van der Waals surface area contributed by atoms with Crippen LogP contribution in [-0.2, 0) is 6.42 Å². The van der Waals surface area contributed by atoms with Gasteiger partial charge in [0.1, 0.15) is 0 Å². The summed E-state index contributed by atoms with van der Waals surface area (Å²) in [6.07, 6.45) is 2.93. The van der Waals surface area contributed by atoms with Crippen LogP contribution in [0.15, 0.2) is 17.6 Å². The molecule has 0 amide bonds. The Kier molecular flexibility index (Phi) is 1.95. The molecule has 0 saturated heterocycles. The van der Waals surface area contributed by atoms with E-state index in [9.17, 15) is 0 Å². The van der Waals surface area contributed by atoms with Gasteiger partial charge >= 0.3 is 0 Å². The highest BCUT2D eigenvalue weighted by molar-refractivity contribution is 7.10. The minimum atomic E-state index is 0.732. The Morgan fingerprint density at radius 1 is 1.53 bits per heavy atom. The summed E-state index contributed by atoms with van der Waals surface area (Å²) in [4.78, 5) is 10.2. The zero-order valence-electron chi connectivity index (χ0n) is 8.45. The maximum Gasteiger partial charge on any atom is 0.223 e. The molecule has 2 aromatic rings. The summed E-state index contributed by atoms with van der Waals surface area (Å²) in [5.41, 5.74) is 3.65. The van der Waals surface area contributed by atoms with Gasteiger partial charge in [-0.15, -0.1) is 11.3 Å². The molecule has 76 valence electrons. The lowest BCUT2D eigenvalue weighted by atomic mass is 10.2. The number of nitrogens with zero attached hydrogens (tertiary/aromatic N) is 2. The number of thiophene rings is 1. The van der Waals surface area contributed by atoms with Crippen LogP contribution in [0, 0.1) is 0 Å². The Labute approximate surface area is 92.2 Å². The van der Waals surface area contributed by atoms with Crippen LogP contribution >= 0.6 is 11.3 Å². The molecule has 1 aliphatic carbocycles. The Hall–Kier alpha value is -1.42. The topological polar surface area (TPSA) is 37.8 Å². The van der Waals surface area contributed by atoms with Gasteiger partial charge in [0, 0.05) is 35.2 Å². The summed E-state index contributed by atoms with van der Waals surface area (Å²) in [5.74, 6) is 0.732. The smallest absolute Gasteiger partial charge is 0.223 e. The van der Waals surface area contributed by atoms with Gasteiger partial charge in [-0.2, -0.15) is 0 Å². The van der Waals surface area contributed by atoms with Crippen molar-refractivity contribution in [2.24, 2.45) is 0 Å². The van der Waals surface area contributed by atoms with E-state index >= 15 is 0 Å². The Morgan fingerprint density at radius 2 is 2.47 bits per heavy atom. The zero-order valence-corrected chi connectivity index (χ0v) is 9.27. The molecular weight excluding hydrogens is 206 g/mol. The Balaban J connectivity index is 2.10. The van der Waals surface area contributed by atoms with Crippen molar-refractivity contribution in [3.05, 3.63) is 28.1 Å². The number of rotatable bonds is 2. The van der Waals surface area contributed by atoms with Crippen LogP contribution in [0.4, 0.5) is 5.95 Å². The number of nitrogens with one attached hydrogen (secondary N) is 1. The number of aromatic nitrogens is 2. The van der Waals surface area contributed by atoms with Crippen LogP contribution in [0.25, 0.3) is 11.3 Å². The third-order valence-electron chi connectivity index (χ3n) is 2.55. The summed E-state index contributed by atoms with van der Waals surface area (Å²) in [6.45, 7) is 2.90. The van der Waals surface area contributed by atoms with E-state index in [2.05, 4.69) is 26.7 Å². The van der Waals surface area contributed by atoms with E-state index in [1.54, 1.807) is 11.3 Å². The molecule has 1 aliphatic rings. The van der Waals surface area contributed by atoms with Crippen molar-refractivity contribution < 1.29 is 0 Å². The fourth-order valence-electron chi connectivity index (χ4n) is 1.87.